The number of hydrogen-bond donors (Lipinski definition) is 4. The van der Waals surface area contributed by atoms with E-state index < -0.39 is 29.9 Å². The van der Waals surface area contributed by atoms with E-state index in [1.807, 2.05) is 6.92 Å². The summed E-state index contributed by atoms with van der Waals surface area (Å²) in [5.41, 5.74) is 1.11. The van der Waals surface area contributed by atoms with Crippen molar-refractivity contribution in [1.82, 2.24) is 10.6 Å². The minimum Gasteiger partial charge on any atom is -0.478 e. The topological polar surface area (TPSA) is 133 Å². The quantitative estimate of drug-likeness (QED) is 0.328. The van der Waals surface area contributed by atoms with Crippen molar-refractivity contribution in [3.63, 3.8) is 0 Å². The summed E-state index contributed by atoms with van der Waals surface area (Å²) in [6.45, 7) is 5.47. The zero-order chi connectivity index (χ0) is 23.8. The maximum Gasteiger partial charge on any atom is 0.336 e. The van der Waals surface area contributed by atoms with Crippen LogP contribution in [0.3, 0.4) is 0 Å². The van der Waals surface area contributed by atoms with Crippen LogP contribution in [0.5, 0.6) is 0 Å². The fourth-order valence-electron chi connectivity index (χ4n) is 3.32. The van der Waals surface area contributed by atoms with Gasteiger partial charge in [0.15, 0.2) is 0 Å². The predicted octanol–water partition coefficient (Wildman–Crippen LogP) is 3.77. The maximum absolute atomic E-state index is 12.8. The average Bonchev–Trinajstić information content (AvgIpc) is 2.73. The molecule has 0 aliphatic heterocycles. The molecule has 0 radical (unpaired) electrons. The second-order valence-electron chi connectivity index (χ2n) is 7.70. The largest absolute Gasteiger partial charge is 0.478 e. The molecule has 0 aromatic heterocycles. The van der Waals surface area contributed by atoms with E-state index in [9.17, 15) is 29.4 Å². The molecule has 170 valence electrons. The predicted molar refractivity (Wildman–Crippen MR) is 119 cm³/mol. The number of carbonyl (C=O) groups is 4. The zero-order valence-corrected chi connectivity index (χ0v) is 18.4. The van der Waals surface area contributed by atoms with Gasteiger partial charge in [-0.1, -0.05) is 43.0 Å². The molecule has 0 spiro atoms. The highest BCUT2D eigenvalue weighted by Crippen LogP contribution is 2.15. The summed E-state index contributed by atoms with van der Waals surface area (Å²) in [4.78, 5) is 48.8. The van der Waals surface area contributed by atoms with Gasteiger partial charge in [-0.15, -0.1) is 0 Å². The van der Waals surface area contributed by atoms with Crippen molar-refractivity contribution in [2.45, 2.75) is 52.6 Å². The Labute approximate surface area is 186 Å². The number of carboxylic acids is 2. The molecule has 0 atom stereocenters. The molecule has 0 aliphatic rings. The molecule has 0 saturated heterocycles. The average molecular weight is 440 g/mol. The van der Waals surface area contributed by atoms with Gasteiger partial charge < -0.3 is 20.8 Å². The molecular weight excluding hydrogens is 412 g/mol. The number of carbonyl (C=O) groups excluding carboxylic acids is 2. The molecule has 32 heavy (non-hydrogen) atoms. The Morgan fingerprint density at radius 3 is 1.56 bits per heavy atom. The van der Waals surface area contributed by atoms with Gasteiger partial charge in [0.05, 0.1) is 22.3 Å². The lowest BCUT2D eigenvalue weighted by Gasteiger charge is -2.21. The Hall–Kier alpha value is -3.68. The summed E-state index contributed by atoms with van der Waals surface area (Å²) in [7, 11) is 0. The second-order valence-corrected chi connectivity index (χ2v) is 7.70. The minimum absolute atomic E-state index is 0.0144. The number of aromatic carboxylic acids is 2. The molecule has 2 amide bonds. The van der Waals surface area contributed by atoms with Crippen LogP contribution in [-0.2, 0) is 0 Å². The number of carboxylic acid groups (broad SMARTS) is 2. The van der Waals surface area contributed by atoms with Gasteiger partial charge in [-0.25, -0.2) is 9.59 Å². The van der Waals surface area contributed by atoms with Crippen molar-refractivity contribution < 1.29 is 29.4 Å². The molecule has 0 heterocycles. The minimum atomic E-state index is -1.23. The molecule has 2 rings (SSSR count). The summed E-state index contributed by atoms with van der Waals surface area (Å²) in [5, 5.41) is 24.3. The third-order valence-electron chi connectivity index (χ3n) is 5.01. The van der Waals surface area contributed by atoms with Crippen LogP contribution in [0.4, 0.5) is 0 Å². The van der Waals surface area contributed by atoms with E-state index in [1.165, 1.54) is 24.3 Å². The van der Waals surface area contributed by atoms with Gasteiger partial charge >= 0.3 is 11.9 Å². The lowest BCUT2D eigenvalue weighted by atomic mass is 10.0. The number of amides is 2. The van der Waals surface area contributed by atoms with Crippen molar-refractivity contribution in [1.29, 1.82) is 0 Å². The van der Waals surface area contributed by atoms with Crippen molar-refractivity contribution in [3.8, 4) is 0 Å². The third kappa shape index (κ3) is 6.41. The van der Waals surface area contributed by atoms with Gasteiger partial charge in [0.25, 0.3) is 11.8 Å². The van der Waals surface area contributed by atoms with Crippen LogP contribution in [0, 0.1) is 13.8 Å². The van der Waals surface area contributed by atoms with Crippen LogP contribution in [0.1, 0.15) is 85.2 Å². The molecule has 4 N–H and O–H groups in total. The number of benzene rings is 2. The summed E-state index contributed by atoms with van der Waals surface area (Å²) in [5.74, 6) is -3.72. The molecule has 2 aromatic carbocycles. The molecule has 8 heteroatoms. The van der Waals surface area contributed by atoms with E-state index in [-0.39, 0.29) is 22.3 Å². The van der Waals surface area contributed by atoms with E-state index in [0.29, 0.717) is 24.0 Å². The van der Waals surface area contributed by atoms with Gasteiger partial charge in [0.1, 0.15) is 6.17 Å². The van der Waals surface area contributed by atoms with Crippen LogP contribution in [0.15, 0.2) is 36.4 Å². The molecule has 2 aromatic rings. The molecule has 8 nitrogen and oxygen atoms in total. The Bertz CT molecular complexity index is 954. The Balaban J connectivity index is 2.28. The third-order valence-corrected chi connectivity index (χ3v) is 5.01. The van der Waals surface area contributed by atoms with E-state index in [0.717, 1.165) is 12.8 Å². The van der Waals surface area contributed by atoms with Crippen LogP contribution < -0.4 is 10.6 Å². The maximum atomic E-state index is 12.8. The van der Waals surface area contributed by atoms with Crippen LogP contribution in [0.25, 0.3) is 0 Å². The highest BCUT2D eigenvalue weighted by Gasteiger charge is 2.23. The summed E-state index contributed by atoms with van der Waals surface area (Å²) in [6, 6.07) is 8.96. The number of nitrogens with one attached hydrogen (secondary N) is 2. The standard InChI is InChI=1S/C24H28N2O6/c1-4-5-6-7-20(25-21(27)16-10-8-14(2)12-18(16)23(29)30)26-22(28)17-11-9-15(3)13-19(17)24(31)32/h8-13,20H,4-7H2,1-3H3,(H,25,27)(H,26,28)(H,29,30)(H,31,32). The molecule has 0 saturated carbocycles. The first-order valence-corrected chi connectivity index (χ1v) is 10.4. The highest BCUT2D eigenvalue weighted by molar-refractivity contribution is 6.06. The highest BCUT2D eigenvalue weighted by atomic mass is 16.4. The smallest absolute Gasteiger partial charge is 0.336 e. The van der Waals surface area contributed by atoms with Crippen LogP contribution in [-0.4, -0.2) is 40.1 Å². The van der Waals surface area contributed by atoms with Gasteiger partial charge in [0.2, 0.25) is 0 Å². The SMILES string of the molecule is CCCCCC(NC(=O)c1ccc(C)cc1C(=O)O)NC(=O)c1ccc(C)cc1C(=O)O. The number of aryl methyl sites for hydroxylation is 2. The number of rotatable bonds is 10. The summed E-state index contributed by atoms with van der Waals surface area (Å²) < 4.78 is 0. The lowest BCUT2D eigenvalue weighted by molar-refractivity contribution is 0.0683. The molecule has 0 aliphatic carbocycles. The van der Waals surface area contributed by atoms with E-state index in [4.69, 9.17) is 0 Å². The fraction of sp³-hybridized carbons (Fsp3) is 0.333. The first-order valence-electron chi connectivity index (χ1n) is 10.4. The van der Waals surface area contributed by atoms with E-state index in [2.05, 4.69) is 10.6 Å². The fourth-order valence-corrected chi connectivity index (χ4v) is 3.32. The Morgan fingerprint density at radius 1 is 0.750 bits per heavy atom. The van der Waals surface area contributed by atoms with Gasteiger partial charge in [0, 0.05) is 0 Å². The van der Waals surface area contributed by atoms with Crippen molar-refractivity contribution >= 4 is 23.8 Å². The zero-order valence-electron chi connectivity index (χ0n) is 18.4. The first kappa shape index (κ1) is 24.6. The molecular formula is C24H28N2O6. The van der Waals surface area contributed by atoms with Gasteiger partial charge in [-0.05, 0) is 51.0 Å². The Kier molecular flexibility index (Phi) is 8.52. The van der Waals surface area contributed by atoms with E-state index in [1.54, 1.807) is 26.0 Å². The van der Waals surface area contributed by atoms with Gasteiger partial charge in [-0.3, -0.25) is 9.59 Å². The van der Waals surface area contributed by atoms with Crippen molar-refractivity contribution in [2.24, 2.45) is 0 Å². The van der Waals surface area contributed by atoms with Crippen LogP contribution >= 0.6 is 0 Å². The van der Waals surface area contributed by atoms with Crippen LogP contribution in [0.2, 0.25) is 0 Å². The summed E-state index contributed by atoms with van der Waals surface area (Å²) >= 11 is 0. The first-order chi connectivity index (χ1) is 15.1. The Morgan fingerprint density at radius 2 is 1.19 bits per heavy atom. The number of unbranched alkanes of at least 4 members (excludes halogenated alkanes) is 2. The second kappa shape index (κ2) is 11.1. The van der Waals surface area contributed by atoms with Crippen molar-refractivity contribution in [2.75, 3.05) is 0 Å². The normalized spacial score (nSPS) is 10.6. The molecule has 0 fully saturated rings. The van der Waals surface area contributed by atoms with E-state index >= 15 is 0 Å². The van der Waals surface area contributed by atoms with Crippen molar-refractivity contribution in [3.05, 3.63) is 69.8 Å². The molecule has 0 unspecified atom stereocenters. The number of hydrogen-bond acceptors (Lipinski definition) is 4. The monoisotopic (exact) mass is 440 g/mol. The summed E-state index contributed by atoms with van der Waals surface area (Å²) in [6.07, 6.45) is 2.12. The van der Waals surface area contributed by atoms with Gasteiger partial charge in [-0.2, -0.15) is 0 Å². The lowest BCUT2D eigenvalue weighted by Crippen LogP contribution is -2.48. The molecule has 0 bridgehead atoms.